The summed E-state index contributed by atoms with van der Waals surface area (Å²) in [4.78, 5) is 11.1. The number of nitrogens with one attached hydrogen (secondary N) is 1. The molecule has 0 aliphatic carbocycles. The molecule has 2 N–H and O–H groups in total. The van der Waals surface area contributed by atoms with E-state index in [2.05, 4.69) is 34.0 Å². The molecular weight excluding hydrogens is 240 g/mol. The van der Waals surface area contributed by atoms with Crippen molar-refractivity contribution in [3.8, 4) is 0 Å². The van der Waals surface area contributed by atoms with Gasteiger partial charge >= 0.3 is 0 Å². The van der Waals surface area contributed by atoms with Gasteiger partial charge < -0.3 is 15.3 Å². The van der Waals surface area contributed by atoms with E-state index in [0.29, 0.717) is 0 Å². The van der Waals surface area contributed by atoms with Gasteiger partial charge in [0.25, 0.3) is 0 Å². The van der Waals surface area contributed by atoms with Gasteiger partial charge in [-0.25, -0.2) is 9.97 Å². The van der Waals surface area contributed by atoms with Crippen molar-refractivity contribution in [3.05, 3.63) is 11.9 Å². The van der Waals surface area contributed by atoms with Crippen LogP contribution in [0.4, 0.5) is 11.6 Å². The molecule has 0 bridgehead atoms. The standard InChI is InChI=1S/C14H24N4O/c1-3-12-13(15-4-2)16-10-17-14(12)18-8-6-5-7-11(18)9-19/h10-11,19H,3-9H2,1-2H3,(H,15,16,17). The number of rotatable bonds is 5. The van der Waals surface area contributed by atoms with E-state index in [9.17, 15) is 5.11 Å². The molecule has 1 aromatic heterocycles. The molecule has 1 aliphatic rings. The zero-order valence-corrected chi connectivity index (χ0v) is 11.9. The fourth-order valence-corrected chi connectivity index (χ4v) is 2.77. The molecule has 19 heavy (non-hydrogen) atoms. The third-order valence-electron chi connectivity index (χ3n) is 3.73. The van der Waals surface area contributed by atoms with Crippen molar-refractivity contribution in [1.29, 1.82) is 0 Å². The van der Waals surface area contributed by atoms with Crippen LogP contribution in [0, 0.1) is 0 Å². The van der Waals surface area contributed by atoms with E-state index >= 15 is 0 Å². The molecule has 0 radical (unpaired) electrons. The Kier molecular flexibility index (Phi) is 4.96. The molecule has 0 aromatic carbocycles. The summed E-state index contributed by atoms with van der Waals surface area (Å²) >= 11 is 0. The minimum Gasteiger partial charge on any atom is -0.394 e. The molecule has 1 unspecified atom stereocenters. The molecule has 1 aromatic rings. The lowest BCUT2D eigenvalue weighted by molar-refractivity contribution is 0.239. The highest BCUT2D eigenvalue weighted by molar-refractivity contribution is 5.59. The van der Waals surface area contributed by atoms with Crippen LogP contribution in [0.1, 0.15) is 38.7 Å². The smallest absolute Gasteiger partial charge is 0.137 e. The highest BCUT2D eigenvalue weighted by atomic mass is 16.3. The van der Waals surface area contributed by atoms with Gasteiger partial charge in [0, 0.05) is 18.7 Å². The lowest BCUT2D eigenvalue weighted by atomic mass is 10.0. The number of hydrogen-bond donors (Lipinski definition) is 2. The summed E-state index contributed by atoms with van der Waals surface area (Å²) in [6.45, 7) is 6.22. The molecule has 1 fully saturated rings. The number of aliphatic hydroxyl groups is 1. The van der Waals surface area contributed by atoms with Crippen LogP contribution in [0.3, 0.4) is 0 Å². The van der Waals surface area contributed by atoms with Crippen molar-refractivity contribution >= 4 is 11.6 Å². The number of hydrogen-bond acceptors (Lipinski definition) is 5. The van der Waals surface area contributed by atoms with Gasteiger partial charge in [0.1, 0.15) is 18.0 Å². The zero-order chi connectivity index (χ0) is 13.7. The van der Waals surface area contributed by atoms with Crippen molar-refractivity contribution in [2.24, 2.45) is 0 Å². The van der Waals surface area contributed by atoms with Crippen LogP contribution in [-0.2, 0) is 6.42 Å². The largest absolute Gasteiger partial charge is 0.394 e. The summed E-state index contributed by atoms with van der Waals surface area (Å²) in [5.41, 5.74) is 1.16. The van der Waals surface area contributed by atoms with E-state index in [1.165, 1.54) is 12.8 Å². The fourth-order valence-electron chi connectivity index (χ4n) is 2.77. The van der Waals surface area contributed by atoms with Crippen molar-refractivity contribution in [2.45, 2.75) is 45.6 Å². The van der Waals surface area contributed by atoms with Gasteiger partial charge in [-0.3, -0.25) is 0 Å². The minimum atomic E-state index is 0.198. The fraction of sp³-hybridized carbons (Fsp3) is 0.714. The van der Waals surface area contributed by atoms with E-state index in [1.807, 2.05) is 0 Å². The summed E-state index contributed by atoms with van der Waals surface area (Å²) in [6.07, 6.45) is 5.91. The normalized spacial score (nSPS) is 19.5. The first-order valence-electron chi connectivity index (χ1n) is 7.27. The molecular formula is C14H24N4O. The van der Waals surface area contributed by atoms with Gasteiger partial charge in [0.05, 0.1) is 12.6 Å². The summed E-state index contributed by atoms with van der Waals surface area (Å²) in [7, 11) is 0. The Balaban J connectivity index is 2.34. The van der Waals surface area contributed by atoms with E-state index < -0.39 is 0 Å². The average Bonchev–Trinajstić information content (AvgIpc) is 2.47. The predicted octanol–water partition coefficient (Wildman–Crippen LogP) is 1.82. The van der Waals surface area contributed by atoms with Crippen LogP contribution in [0.2, 0.25) is 0 Å². The van der Waals surface area contributed by atoms with Gasteiger partial charge in [-0.1, -0.05) is 6.92 Å². The maximum atomic E-state index is 9.56. The van der Waals surface area contributed by atoms with Crippen molar-refractivity contribution < 1.29 is 5.11 Å². The highest BCUT2D eigenvalue weighted by Gasteiger charge is 2.25. The first-order chi connectivity index (χ1) is 9.31. The minimum absolute atomic E-state index is 0.198. The molecule has 2 rings (SSSR count). The number of aromatic nitrogens is 2. The van der Waals surface area contributed by atoms with Crippen LogP contribution < -0.4 is 10.2 Å². The van der Waals surface area contributed by atoms with Gasteiger partial charge in [-0.15, -0.1) is 0 Å². The SMILES string of the molecule is CCNc1ncnc(N2CCCCC2CO)c1CC. The average molecular weight is 264 g/mol. The Morgan fingerprint density at radius 1 is 1.37 bits per heavy atom. The van der Waals surface area contributed by atoms with Gasteiger partial charge in [-0.05, 0) is 32.6 Å². The lowest BCUT2D eigenvalue weighted by Gasteiger charge is -2.36. The summed E-state index contributed by atoms with van der Waals surface area (Å²) in [5.74, 6) is 1.92. The highest BCUT2D eigenvalue weighted by Crippen LogP contribution is 2.29. The first kappa shape index (κ1) is 14.1. The Morgan fingerprint density at radius 2 is 2.21 bits per heavy atom. The molecule has 5 nitrogen and oxygen atoms in total. The van der Waals surface area contributed by atoms with Gasteiger partial charge in [-0.2, -0.15) is 0 Å². The molecule has 106 valence electrons. The quantitative estimate of drug-likeness (QED) is 0.849. The third kappa shape index (κ3) is 2.97. The molecule has 0 spiro atoms. The lowest BCUT2D eigenvalue weighted by Crippen LogP contribution is -2.43. The summed E-state index contributed by atoms with van der Waals surface area (Å²) < 4.78 is 0. The Labute approximate surface area is 115 Å². The predicted molar refractivity (Wildman–Crippen MR) is 77.6 cm³/mol. The van der Waals surface area contributed by atoms with E-state index in [4.69, 9.17) is 0 Å². The maximum absolute atomic E-state index is 9.56. The molecule has 2 heterocycles. The van der Waals surface area contributed by atoms with Crippen molar-refractivity contribution in [1.82, 2.24) is 9.97 Å². The molecule has 0 amide bonds. The zero-order valence-electron chi connectivity index (χ0n) is 11.9. The molecule has 5 heteroatoms. The Morgan fingerprint density at radius 3 is 2.89 bits per heavy atom. The van der Waals surface area contributed by atoms with Crippen molar-refractivity contribution in [3.63, 3.8) is 0 Å². The number of piperidine rings is 1. The van der Waals surface area contributed by atoms with E-state index in [1.54, 1.807) is 6.33 Å². The number of anilines is 2. The second-order valence-electron chi connectivity index (χ2n) is 4.93. The van der Waals surface area contributed by atoms with Crippen LogP contribution >= 0.6 is 0 Å². The molecule has 1 aliphatic heterocycles. The summed E-state index contributed by atoms with van der Waals surface area (Å²) in [6, 6.07) is 0.198. The first-order valence-corrected chi connectivity index (χ1v) is 7.27. The molecule has 1 atom stereocenters. The van der Waals surface area contributed by atoms with Crippen molar-refractivity contribution in [2.75, 3.05) is 29.9 Å². The maximum Gasteiger partial charge on any atom is 0.137 e. The second kappa shape index (κ2) is 6.70. The van der Waals surface area contributed by atoms with Crippen LogP contribution in [0.5, 0.6) is 0 Å². The van der Waals surface area contributed by atoms with E-state index in [-0.39, 0.29) is 12.6 Å². The van der Waals surface area contributed by atoms with Gasteiger partial charge in [0.2, 0.25) is 0 Å². The summed E-state index contributed by atoms with van der Waals surface area (Å²) in [5, 5.41) is 12.9. The molecule has 1 saturated heterocycles. The van der Waals surface area contributed by atoms with Crippen LogP contribution in [0.15, 0.2) is 6.33 Å². The Hall–Kier alpha value is -1.36. The third-order valence-corrected chi connectivity index (χ3v) is 3.73. The number of aliphatic hydroxyl groups excluding tert-OH is 1. The second-order valence-corrected chi connectivity index (χ2v) is 4.93. The number of nitrogens with zero attached hydrogens (tertiary/aromatic N) is 3. The topological polar surface area (TPSA) is 61.3 Å². The molecule has 0 saturated carbocycles. The van der Waals surface area contributed by atoms with Gasteiger partial charge in [0.15, 0.2) is 0 Å². The van der Waals surface area contributed by atoms with Crippen LogP contribution in [0.25, 0.3) is 0 Å². The monoisotopic (exact) mass is 264 g/mol. The van der Waals surface area contributed by atoms with E-state index in [0.717, 1.165) is 43.1 Å². The van der Waals surface area contributed by atoms with Crippen LogP contribution in [-0.4, -0.2) is 40.8 Å². The Bertz CT molecular complexity index is 410.